The molecule has 1 aliphatic rings. The van der Waals surface area contributed by atoms with Gasteiger partial charge in [-0.1, -0.05) is 18.2 Å². The van der Waals surface area contributed by atoms with Gasteiger partial charge in [0.2, 0.25) is 5.91 Å². The van der Waals surface area contributed by atoms with Crippen molar-refractivity contribution in [1.82, 2.24) is 9.80 Å². The second kappa shape index (κ2) is 7.74. The fourth-order valence-corrected chi connectivity index (χ4v) is 3.45. The highest BCUT2D eigenvalue weighted by molar-refractivity contribution is 5.78. The van der Waals surface area contributed by atoms with Crippen LogP contribution in [0.3, 0.4) is 0 Å². The maximum Gasteiger partial charge on any atom is 0.416 e. The normalized spacial score (nSPS) is 24.4. The number of halogens is 3. The van der Waals surface area contributed by atoms with Gasteiger partial charge < -0.3 is 15.5 Å². The summed E-state index contributed by atoms with van der Waals surface area (Å²) in [5, 5.41) is 0. The Bertz CT molecular complexity index is 603. The third-order valence-electron chi connectivity index (χ3n) is 4.90. The van der Waals surface area contributed by atoms with Gasteiger partial charge in [-0.15, -0.1) is 0 Å². The number of carbonyl (C=O) groups excluding carboxylic acids is 1. The molecule has 0 heterocycles. The van der Waals surface area contributed by atoms with E-state index < -0.39 is 11.7 Å². The zero-order chi connectivity index (χ0) is 18.8. The molecule has 0 aromatic heterocycles. The number of nitrogens with zero attached hydrogens (tertiary/aromatic N) is 2. The number of hydrogen-bond acceptors (Lipinski definition) is 3. The first-order chi connectivity index (χ1) is 11.6. The summed E-state index contributed by atoms with van der Waals surface area (Å²) in [5.41, 5.74) is 6.24. The van der Waals surface area contributed by atoms with Gasteiger partial charge in [0.25, 0.3) is 0 Å². The van der Waals surface area contributed by atoms with Crippen LogP contribution in [0, 0.1) is 0 Å². The van der Waals surface area contributed by atoms with Gasteiger partial charge in [-0.05, 0) is 50.9 Å². The molecule has 0 spiro atoms. The van der Waals surface area contributed by atoms with E-state index in [-0.39, 0.29) is 30.5 Å². The van der Waals surface area contributed by atoms with E-state index in [0.717, 1.165) is 12.5 Å². The molecule has 0 bridgehead atoms. The van der Waals surface area contributed by atoms with E-state index in [4.69, 9.17) is 5.73 Å². The van der Waals surface area contributed by atoms with E-state index in [1.54, 1.807) is 22.9 Å². The number of rotatable bonds is 4. The summed E-state index contributed by atoms with van der Waals surface area (Å²) in [6, 6.07) is 5.17. The first-order valence-electron chi connectivity index (χ1n) is 8.42. The summed E-state index contributed by atoms with van der Waals surface area (Å²) in [7, 11) is 5.36. The summed E-state index contributed by atoms with van der Waals surface area (Å²) in [4.78, 5) is 15.8. The van der Waals surface area contributed by atoms with Gasteiger partial charge in [-0.25, -0.2) is 0 Å². The smallest absolute Gasteiger partial charge is 0.340 e. The van der Waals surface area contributed by atoms with Crippen LogP contribution < -0.4 is 5.73 Å². The molecule has 3 atom stereocenters. The molecular weight excluding hydrogens is 331 g/mol. The van der Waals surface area contributed by atoms with Crippen molar-refractivity contribution >= 4 is 5.91 Å². The highest BCUT2D eigenvalue weighted by atomic mass is 19.4. The molecule has 1 fully saturated rings. The van der Waals surface area contributed by atoms with Crippen molar-refractivity contribution < 1.29 is 18.0 Å². The second-order valence-corrected chi connectivity index (χ2v) is 7.11. The molecule has 1 amide bonds. The zero-order valence-electron chi connectivity index (χ0n) is 14.9. The summed E-state index contributed by atoms with van der Waals surface area (Å²) in [6.45, 7) is 0.286. The maximum atomic E-state index is 13.0. The Hall–Kier alpha value is -1.60. The molecule has 1 aromatic carbocycles. The van der Waals surface area contributed by atoms with Crippen molar-refractivity contribution in [3.8, 4) is 0 Å². The fourth-order valence-electron chi connectivity index (χ4n) is 3.45. The van der Waals surface area contributed by atoms with Crippen LogP contribution in [0.2, 0.25) is 0 Å². The predicted molar refractivity (Wildman–Crippen MR) is 91.1 cm³/mol. The molecule has 140 valence electrons. The van der Waals surface area contributed by atoms with Crippen LogP contribution in [0.25, 0.3) is 0 Å². The lowest BCUT2D eigenvalue weighted by Gasteiger charge is -2.40. The van der Waals surface area contributed by atoms with E-state index in [9.17, 15) is 18.0 Å². The van der Waals surface area contributed by atoms with Crippen molar-refractivity contribution in [2.75, 3.05) is 27.7 Å². The molecular formula is C18H26F3N3O. The van der Waals surface area contributed by atoms with Crippen LogP contribution in [-0.4, -0.2) is 55.5 Å². The lowest BCUT2D eigenvalue weighted by Crippen LogP contribution is -2.53. The van der Waals surface area contributed by atoms with Gasteiger partial charge in [-0.2, -0.15) is 13.2 Å². The third kappa shape index (κ3) is 4.95. The van der Waals surface area contributed by atoms with Crippen LogP contribution in [0.4, 0.5) is 13.2 Å². The monoisotopic (exact) mass is 357 g/mol. The molecule has 7 heteroatoms. The predicted octanol–water partition coefficient (Wildman–Crippen LogP) is 2.69. The number of alkyl halides is 3. The molecule has 0 radical (unpaired) electrons. The molecule has 1 saturated carbocycles. The maximum absolute atomic E-state index is 13.0. The minimum atomic E-state index is -4.35. The fraction of sp³-hybridized carbons (Fsp3) is 0.611. The average Bonchev–Trinajstić information content (AvgIpc) is 2.53. The SMILES string of the molecule is CN(C)CC(=O)N(C)C1C[C@@H](c2cccc(C(F)(F)F)c2)CCC1N. The standard InChI is InChI=1S/C18H26F3N3O/c1-23(2)11-17(25)24(3)16-10-13(7-8-15(16)22)12-5-4-6-14(9-12)18(19,20)21/h4-6,9,13,15-16H,7-8,10-11,22H2,1-3H3/t13-,15?,16?/m0/s1. The molecule has 2 N–H and O–H groups in total. The summed E-state index contributed by atoms with van der Waals surface area (Å²) in [6.07, 6.45) is -2.35. The minimum absolute atomic E-state index is 0.0262. The summed E-state index contributed by atoms with van der Waals surface area (Å²) < 4.78 is 38.9. The molecule has 25 heavy (non-hydrogen) atoms. The number of hydrogen-bond donors (Lipinski definition) is 1. The van der Waals surface area contributed by atoms with Crippen molar-refractivity contribution in [3.05, 3.63) is 35.4 Å². The van der Waals surface area contributed by atoms with E-state index in [2.05, 4.69) is 0 Å². The van der Waals surface area contributed by atoms with Crippen molar-refractivity contribution in [2.45, 2.75) is 43.4 Å². The van der Waals surface area contributed by atoms with Gasteiger partial charge in [0.15, 0.2) is 0 Å². The van der Waals surface area contributed by atoms with Gasteiger partial charge in [-0.3, -0.25) is 4.79 Å². The number of amides is 1. The summed E-state index contributed by atoms with van der Waals surface area (Å²) >= 11 is 0. The molecule has 4 nitrogen and oxygen atoms in total. The van der Waals surface area contributed by atoms with Crippen LogP contribution in [0.5, 0.6) is 0 Å². The van der Waals surface area contributed by atoms with Crippen LogP contribution in [0.1, 0.15) is 36.3 Å². The highest BCUT2D eigenvalue weighted by Crippen LogP contribution is 2.37. The Morgan fingerprint density at radius 3 is 2.52 bits per heavy atom. The van der Waals surface area contributed by atoms with Gasteiger partial charge >= 0.3 is 6.18 Å². The van der Waals surface area contributed by atoms with E-state index >= 15 is 0 Å². The van der Waals surface area contributed by atoms with E-state index in [0.29, 0.717) is 18.4 Å². The van der Waals surface area contributed by atoms with Gasteiger partial charge in [0, 0.05) is 19.1 Å². The Balaban J connectivity index is 2.16. The van der Waals surface area contributed by atoms with Crippen molar-refractivity contribution in [2.24, 2.45) is 5.73 Å². The molecule has 1 aliphatic carbocycles. The highest BCUT2D eigenvalue weighted by Gasteiger charge is 2.35. The molecule has 2 unspecified atom stereocenters. The number of benzene rings is 1. The van der Waals surface area contributed by atoms with E-state index in [1.807, 2.05) is 14.1 Å². The first-order valence-corrected chi connectivity index (χ1v) is 8.42. The average molecular weight is 357 g/mol. The van der Waals surface area contributed by atoms with Crippen LogP contribution in [-0.2, 0) is 11.0 Å². The first kappa shape index (κ1) is 19.7. The largest absolute Gasteiger partial charge is 0.416 e. The quantitative estimate of drug-likeness (QED) is 0.901. The molecule has 2 rings (SSSR count). The Morgan fingerprint density at radius 2 is 1.92 bits per heavy atom. The second-order valence-electron chi connectivity index (χ2n) is 7.11. The zero-order valence-corrected chi connectivity index (χ0v) is 14.9. The number of likely N-dealkylation sites (N-methyl/N-ethyl adjacent to an activating group) is 2. The van der Waals surface area contributed by atoms with Gasteiger partial charge in [0.05, 0.1) is 12.1 Å². The Kier molecular flexibility index (Phi) is 6.11. The number of nitrogens with two attached hydrogens (primary N) is 1. The minimum Gasteiger partial charge on any atom is -0.340 e. The Morgan fingerprint density at radius 1 is 1.24 bits per heavy atom. The van der Waals surface area contributed by atoms with E-state index in [1.165, 1.54) is 12.1 Å². The number of carbonyl (C=O) groups is 1. The summed E-state index contributed by atoms with van der Waals surface area (Å²) in [5.74, 6) is -0.0585. The van der Waals surface area contributed by atoms with Crippen molar-refractivity contribution in [3.63, 3.8) is 0 Å². The van der Waals surface area contributed by atoms with Crippen molar-refractivity contribution in [1.29, 1.82) is 0 Å². The lowest BCUT2D eigenvalue weighted by molar-refractivity contribution is -0.137. The molecule has 1 aromatic rings. The molecule has 0 aliphatic heterocycles. The van der Waals surface area contributed by atoms with Gasteiger partial charge in [0.1, 0.15) is 0 Å². The van der Waals surface area contributed by atoms with Crippen LogP contribution >= 0.6 is 0 Å². The topological polar surface area (TPSA) is 49.6 Å². The lowest BCUT2D eigenvalue weighted by atomic mass is 9.78. The van der Waals surface area contributed by atoms with Crippen LogP contribution in [0.15, 0.2) is 24.3 Å². The molecule has 0 saturated heterocycles. The third-order valence-corrected chi connectivity index (χ3v) is 4.90. The Labute approximate surface area is 146 Å².